The van der Waals surface area contributed by atoms with Crippen LogP contribution in [0.25, 0.3) is 0 Å². The summed E-state index contributed by atoms with van der Waals surface area (Å²) in [5.41, 5.74) is 1.33. The lowest BCUT2D eigenvalue weighted by molar-refractivity contribution is 0.205. The van der Waals surface area contributed by atoms with E-state index in [2.05, 4.69) is 10.00 Å². The molecule has 1 N–H and O–H groups in total. The summed E-state index contributed by atoms with van der Waals surface area (Å²) in [7, 11) is 5.58. The summed E-state index contributed by atoms with van der Waals surface area (Å²) >= 11 is 6.19. The van der Waals surface area contributed by atoms with Gasteiger partial charge in [0.25, 0.3) is 0 Å². The first-order valence-electron chi connectivity index (χ1n) is 6.71. The molecule has 1 aromatic heterocycles. The zero-order chi connectivity index (χ0) is 15.4. The molecule has 0 aliphatic rings. The molecule has 2 aromatic rings. The van der Waals surface area contributed by atoms with Crippen LogP contribution in [0.3, 0.4) is 0 Å². The average Bonchev–Trinajstić information content (AvgIpc) is 2.85. The van der Waals surface area contributed by atoms with Crippen molar-refractivity contribution in [1.29, 1.82) is 0 Å². The lowest BCUT2D eigenvalue weighted by atomic mass is 10.1. The lowest BCUT2D eigenvalue weighted by Gasteiger charge is -2.17. The van der Waals surface area contributed by atoms with Crippen LogP contribution < -0.4 is 4.74 Å². The Balaban J connectivity index is 2.29. The first-order chi connectivity index (χ1) is 10.0. The summed E-state index contributed by atoms with van der Waals surface area (Å²) < 4.78 is 6.93. The number of likely N-dealkylation sites (N-methyl/N-ethyl adjacent to an activating group) is 1. The van der Waals surface area contributed by atoms with E-state index in [9.17, 15) is 5.11 Å². The molecule has 1 heterocycles. The van der Waals surface area contributed by atoms with E-state index in [1.54, 1.807) is 24.1 Å². The molecule has 0 radical (unpaired) electrons. The van der Waals surface area contributed by atoms with E-state index in [1.165, 1.54) is 0 Å². The van der Waals surface area contributed by atoms with Crippen molar-refractivity contribution in [2.45, 2.75) is 12.6 Å². The second-order valence-electron chi connectivity index (χ2n) is 5.08. The van der Waals surface area contributed by atoms with E-state index >= 15 is 0 Å². The Morgan fingerprint density at radius 2 is 2.19 bits per heavy atom. The van der Waals surface area contributed by atoms with Crippen molar-refractivity contribution in [1.82, 2.24) is 14.7 Å². The SMILES string of the molecule is COc1cccc(C(O)c2c(Cl)cnn2CCN(C)C)c1. The second kappa shape index (κ2) is 6.93. The summed E-state index contributed by atoms with van der Waals surface area (Å²) in [6.45, 7) is 1.48. The van der Waals surface area contributed by atoms with Crippen molar-refractivity contribution >= 4 is 11.6 Å². The van der Waals surface area contributed by atoms with Gasteiger partial charge in [-0.1, -0.05) is 23.7 Å². The molecule has 0 saturated carbocycles. The number of aromatic nitrogens is 2. The highest BCUT2D eigenvalue weighted by atomic mass is 35.5. The smallest absolute Gasteiger partial charge is 0.122 e. The largest absolute Gasteiger partial charge is 0.497 e. The number of hydrogen-bond donors (Lipinski definition) is 1. The summed E-state index contributed by atoms with van der Waals surface area (Å²) in [5.74, 6) is 0.696. The predicted molar refractivity (Wildman–Crippen MR) is 82.8 cm³/mol. The highest BCUT2D eigenvalue weighted by Gasteiger charge is 2.20. The van der Waals surface area contributed by atoms with Crippen LogP contribution in [0.4, 0.5) is 0 Å². The van der Waals surface area contributed by atoms with Gasteiger partial charge in [0.15, 0.2) is 0 Å². The molecule has 0 amide bonds. The number of hydrogen-bond acceptors (Lipinski definition) is 4. The summed E-state index contributed by atoms with van der Waals surface area (Å²) in [6, 6.07) is 7.31. The number of methoxy groups -OCH3 is 1. The quantitative estimate of drug-likeness (QED) is 0.888. The molecule has 0 aliphatic carbocycles. The van der Waals surface area contributed by atoms with Crippen LogP contribution in [-0.2, 0) is 6.54 Å². The molecule has 1 aromatic carbocycles. The molecule has 2 rings (SSSR count). The van der Waals surface area contributed by atoms with Crippen LogP contribution in [-0.4, -0.2) is 47.5 Å². The van der Waals surface area contributed by atoms with E-state index in [0.717, 1.165) is 12.1 Å². The minimum absolute atomic E-state index is 0.462. The number of rotatable bonds is 6. The highest BCUT2D eigenvalue weighted by Crippen LogP contribution is 2.29. The van der Waals surface area contributed by atoms with Gasteiger partial charge >= 0.3 is 0 Å². The fraction of sp³-hybridized carbons (Fsp3) is 0.400. The van der Waals surface area contributed by atoms with Crippen molar-refractivity contribution in [3.05, 3.63) is 46.7 Å². The van der Waals surface area contributed by atoms with Crippen molar-refractivity contribution in [3.8, 4) is 5.75 Å². The summed E-state index contributed by atoms with van der Waals surface area (Å²) in [4.78, 5) is 2.05. The molecule has 114 valence electrons. The number of nitrogens with zero attached hydrogens (tertiary/aromatic N) is 3. The molecule has 1 atom stereocenters. The molecule has 0 aliphatic heterocycles. The number of aliphatic hydroxyl groups excluding tert-OH is 1. The van der Waals surface area contributed by atoms with Gasteiger partial charge in [-0.2, -0.15) is 5.10 Å². The van der Waals surface area contributed by atoms with Crippen LogP contribution in [0.15, 0.2) is 30.5 Å². The Morgan fingerprint density at radius 3 is 2.86 bits per heavy atom. The van der Waals surface area contributed by atoms with Gasteiger partial charge in [0.2, 0.25) is 0 Å². The van der Waals surface area contributed by atoms with Gasteiger partial charge in [0.05, 0.1) is 30.6 Å². The maximum Gasteiger partial charge on any atom is 0.122 e. The second-order valence-corrected chi connectivity index (χ2v) is 5.49. The molecule has 0 fully saturated rings. The fourth-order valence-corrected chi connectivity index (χ4v) is 2.33. The molecule has 0 saturated heterocycles. The topological polar surface area (TPSA) is 50.5 Å². The normalized spacial score (nSPS) is 12.7. The highest BCUT2D eigenvalue weighted by molar-refractivity contribution is 6.31. The van der Waals surface area contributed by atoms with Gasteiger partial charge in [0.1, 0.15) is 11.9 Å². The van der Waals surface area contributed by atoms with Gasteiger partial charge in [-0.3, -0.25) is 4.68 Å². The van der Waals surface area contributed by atoms with Gasteiger partial charge in [-0.15, -0.1) is 0 Å². The Morgan fingerprint density at radius 1 is 1.43 bits per heavy atom. The number of aliphatic hydroxyl groups is 1. The van der Waals surface area contributed by atoms with Crippen LogP contribution in [0.5, 0.6) is 5.75 Å². The monoisotopic (exact) mass is 309 g/mol. The predicted octanol–water partition coefficient (Wildman–Crippen LogP) is 2.19. The van der Waals surface area contributed by atoms with Gasteiger partial charge in [-0.25, -0.2) is 0 Å². The third-order valence-corrected chi connectivity index (χ3v) is 3.55. The van der Waals surface area contributed by atoms with E-state index in [1.807, 2.05) is 32.3 Å². The standard InChI is InChI=1S/C15H20ClN3O2/c1-18(2)7-8-19-14(13(16)10-17-19)15(20)11-5-4-6-12(9-11)21-3/h4-6,9-10,15,20H,7-8H2,1-3H3. The Kier molecular flexibility index (Phi) is 5.22. The number of benzene rings is 1. The average molecular weight is 310 g/mol. The maximum atomic E-state index is 10.6. The maximum absolute atomic E-state index is 10.6. The van der Waals surface area contributed by atoms with Crippen molar-refractivity contribution in [2.24, 2.45) is 0 Å². The van der Waals surface area contributed by atoms with Gasteiger partial charge in [0, 0.05) is 6.54 Å². The van der Waals surface area contributed by atoms with E-state index < -0.39 is 6.10 Å². The van der Waals surface area contributed by atoms with Gasteiger partial charge < -0.3 is 14.7 Å². The third-order valence-electron chi connectivity index (χ3n) is 3.26. The van der Waals surface area contributed by atoms with E-state index in [4.69, 9.17) is 16.3 Å². The molecular weight excluding hydrogens is 290 g/mol. The van der Waals surface area contributed by atoms with Crippen molar-refractivity contribution in [2.75, 3.05) is 27.7 Å². The zero-order valence-electron chi connectivity index (χ0n) is 12.5. The molecule has 0 bridgehead atoms. The Bertz CT molecular complexity index is 598. The minimum atomic E-state index is -0.836. The first-order valence-corrected chi connectivity index (χ1v) is 7.08. The Labute approximate surface area is 129 Å². The number of ether oxygens (including phenoxy) is 1. The van der Waals surface area contributed by atoms with Crippen molar-refractivity contribution < 1.29 is 9.84 Å². The molecular formula is C15H20ClN3O2. The van der Waals surface area contributed by atoms with E-state index in [-0.39, 0.29) is 0 Å². The summed E-state index contributed by atoms with van der Waals surface area (Å²) in [6.07, 6.45) is 0.730. The Hall–Kier alpha value is -1.56. The van der Waals surface area contributed by atoms with Gasteiger partial charge in [-0.05, 0) is 31.8 Å². The first kappa shape index (κ1) is 15.8. The van der Waals surface area contributed by atoms with Crippen LogP contribution in [0.1, 0.15) is 17.4 Å². The lowest BCUT2D eigenvalue weighted by Crippen LogP contribution is -2.21. The molecule has 6 heteroatoms. The van der Waals surface area contributed by atoms with E-state index in [0.29, 0.717) is 23.0 Å². The third kappa shape index (κ3) is 3.75. The summed E-state index contributed by atoms with van der Waals surface area (Å²) in [5, 5.41) is 15.3. The number of halogens is 1. The van der Waals surface area contributed by atoms with Crippen LogP contribution >= 0.6 is 11.6 Å². The molecule has 5 nitrogen and oxygen atoms in total. The van der Waals surface area contributed by atoms with Crippen LogP contribution in [0.2, 0.25) is 5.02 Å². The molecule has 1 unspecified atom stereocenters. The minimum Gasteiger partial charge on any atom is -0.497 e. The molecule has 0 spiro atoms. The zero-order valence-corrected chi connectivity index (χ0v) is 13.2. The fourth-order valence-electron chi connectivity index (χ4n) is 2.09. The van der Waals surface area contributed by atoms with Crippen molar-refractivity contribution in [3.63, 3.8) is 0 Å². The molecule has 21 heavy (non-hydrogen) atoms. The van der Waals surface area contributed by atoms with Crippen LogP contribution in [0, 0.1) is 0 Å².